The van der Waals surface area contributed by atoms with Gasteiger partial charge in [-0.3, -0.25) is 4.98 Å². The maximum absolute atomic E-state index is 12.7. The van der Waals surface area contributed by atoms with Crippen molar-refractivity contribution < 1.29 is 13.2 Å². The zero-order valence-electron chi connectivity index (χ0n) is 13.8. The fraction of sp³-hybridized carbons (Fsp3) is 0.353. The van der Waals surface area contributed by atoms with Gasteiger partial charge in [0, 0.05) is 18.9 Å². The van der Waals surface area contributed by atoms with Crippen molar-refractivity contribution in [3.8, 4) is 5.75 Å². The zero-order valence-corrected chi connectivity index (χ0v) is 14.6. The van der Waals surface area contributed by atoms with E-state index in [-0.39, 0.29) is 16.9 Å². The summed E-state index contributed by atoms with van der Waals surface area (Å²) in [6.07, 6.45) is 3.28. The molecule has 2 aromatic rings. The Morgan fingerprint density at radius 2 is 1.96 bits per heavy atom. The van der Waals surface area contributed by atoms with E-state index in [0.29, 0.717) is 5.75 Å². The Morgan fingerprint density at radius 1 is 1.22 bits per heavy atom. The number of sulfonamides is 1. The molecule has 0 bridgehead atoms. The van der Waals surface area contributed by atoms with Crippen LogP contribution in [0.1, 0.15) is 31.9 Å². The van der Waals surface area contributed by atoms with E-state index in [1.54, 1.807) is 30.6 Å². The van der Waals surface area contributed by atoms with Crippen molar-refractivity contribution >= 4 is 10.0 Å². The molecule has 1 heterocycles. The molecule has 1 aromatic heterocycles. The third-order valence-electron chi connectivity index (χ3n) is 3.51. The highest BCUT2D eigenvalue weighted by Gasteiger charge is 2.23. The zero-order chi connectivity index (χ0) is 17.1. The fourth-order valence-corrected chi connectivity index (χ4v) is 3.32. The van der Waals surface area contributed by atoms with Crippen LogP contribution in [-0.4, -0.2) is 20.5 Å². The van der Waals surface area contributed by atoms with Gasteiger partial charge in [-0.2, -0.15) is 0 Å². The van der Waals surface area contributed by atoms with Gasteiger partial charge in [0.1, 0.15) is 10.6 Å². The highest BCUT2D eigenvalue weighted by molar-refractivity contribution is 7.89. The number of hydrogen-bond acceptors (Lipinski definition) is 4. The Labute approximate surface area is 137 Å². The summed E-state index contributed by atoms with van der Waals surface area (Å²) in [5.41, 5.74) is 1.57. The summed E-state index contributed by atoms with van der Waals surface area (Å²) in [4.78, 5) is 4.13. The number of hydrogen-bond donors (Lipinski definition) is 1. The molecule has 0 aliphatic heterocycles. The molecule has 0 fully saturated rings. The maximum atomic E-state index is 12.7. The number of methoxy groups -OCH3 is 1. The first-order valence-electron chi connectivity index (χ1n) is 7.31. The van der Waals surface area contributed by atoms with Gasteiger partial charge in [-0.1, -0.05) is 32.9 Å². The summed E-state index contributed by atoms with van der Waals surface area (Å²) in [5, 5.41) is 0. The van der Waals surface area contributed by atoms with E-state index in [0.717, 1.165) is 11.1 Å². The molecule has 0 radical (unpaired) electrons. The topological polar surface area (TPSA) is 68.3 Å². The monoisotopic (exact) mass is 334 g/mol. The van der Waals surface area contributed by atoms with Gasteiger partial charge in [0.25, 0.3) is 0 Å². The Bertz CT molecular complexity index is 766. The molecule has 0 spiro atoms. The van der Waals surface area contributed by atoms with Crippen molar-refractivity contribution in [3.63, 3.8) is 0 Å². The van der Waals surface area contributed by atoms with Gasteiger partial charge in [-0.15, -0.1) is 0 Å². The highest BCUT2D eigenvalue weighted by atomic mass is 32.2. The summed E-state index contributed by atoms with van der Waals surface area (Å²) in [6, 6.07) is 8.84. The van der Waals surface area contributed by atoms with Crippen LogP contribution in [0.25, 0.3) is 0 Å². The number of nitrogens with one attached hydrogen (secondary N) is 1. The summed E-state index contributed by atoms with van der Waals surface area (Å²) < 4.78 is 33.1. The Hall–Kier alpha value is -1.92. The van der Waals surface area contributed by atoms with Gasteiger partial charge < -0.3 is 4.74 Å². The van der Waals surface area contributed by atoms with Crippen molar-refractivity contribution in [3.05, 3.63) is 53.9 Å². The lowest BCUT2D eigenvalue weighted by atomic mass is 9.87. The minimum Gasteiger partial charge on any atom is -0.495 e. The molecule has 0 saturated heterocycles. The molecule has 0 aliphatic rings. The normalized spacial score (nSPS) is 12.2. The van der Waals surface area contributed by atoms with E-state index >= 15 is 0 Å². The molecular weight excluding hydrogens is 312 g/mol. The number of pyridine rings is 1. The van der Waals surface area contributed by atoms with Gasteiger partial charge in [0.2, 0.25) is 10.0 Å². The molecule has 1 N–H and O–H groups in total. The molecule has 2 rings (SSSR count). The van der Waals surface area contributed by atoms with Crippen LogP contribution in [0.5, 0.6) is 5.75 Å². The molecule has 0 atom stereocenters. The number of nitrogens with zero attached hydrogens (tertiary/aromatic N) is 1. The first kappa shape index (κ1) is 17.4. The SMILES string of the molecule is COc1ccc(C(C)(C)C)cc1S(=O)(=O)NCc1cccnc1. The summed E-state index contributed by atoms with van der Waals surface area (Å²) in [7, 11) is -2.22. The van der Waals surface area contributed by atoms with E-state index in [1.807, 2.05) is 32.9 Å². The first-order chi connectivity index (χ1) is 10.7. The Balaban J connectivity index is 2.34. The minimum absolute atomic E-state index is 0.149. The van der Waals surface area contributed by atoms with Crippen LogP contribution in [0.2, 0.25) is 0 Å². The second kappa shape index (κ2) is 6.68. The first-order valence-corrected chi connectivity index (χ1v) is 8.79. The molecule has 0 saturated carbocycles. The summed E-state index contributed by atoms with van der Waals surface area (Å²) >= 11 is 0. The van der Waals surface area contributed by atoms with Crippen LogP contribution >= 0.6 is 0 Å². The lowest BCUT2D eigenvalue weighted by Gasteiger charge is -2.21. The summed E-state index contributed by atoms with van der Waals surface area (Å²) in [6.45, 7) is 6.29. The third-order valence-corrected chi connectivity index (χ3v) is 4.93. The third kappa shape index (κ3) is 4.30. The van der Waals surface area contributed by atoms with Crippen LogP contribution in [0, 0.1) is 0 Å². The molecule has 0 amide bonds. The van der Waals surface area contributed by atoms with Crippen LogP contribution in [-0.2, 0) is 22.0 Å². The van der Waals surface area contributed by atoms with Gasteiger partial charge in [0.05, 0.1) is 7.11 Å². The van der Waals surface area contributed by atoms with Crippen LogP contribution in [0.15, 0.2) is 47.6 Å². The van der Waals surface area contributed by atoms with E-state index in [1.165, 1.54) is 7.11 Å². The molecule has 124 valence electrons. The van der Waals surface area contributed by atoms with Crippen LogP contribution in [0.4, 0.5) is 0 Å². The predicted octanol–water partition coefficient (Wildman–Crippen LogP) is 2.87. The molecule has 0 aliphatic carbocycles. The van der Waals surface area contributed by atoms with Gasteiger partial charge in [-0.25, -0.2) is 13.1 Å². The van der Waals surface area contributed by atoms with E-state index in [2.05, 4.69) is 9.71 Å². The van der Waals surface area contributed by atoms with Crippen LogP contribution < -0.4 is 9.46 Å². The average molecular weight is 334 g/mol. The van der Waals surface area contributed by atoms with Crippen molar-refractivity contribution in [2.75, 3.05) is 7.11 Å². The minimum atomic E-state index is -3.69. The quantitative estimate of drug-likeness (QED) is 0.913. The number of aromatic nitrogens is 1. The van der Waals surface area contributed by atoms with Gasteiger partial charge in [-0.05, 0) is 34.7 Å². The standard InChI is InChI=1S/C17H22N2O3S/c1-17(2,3)14-7-8-15(22-4)16(10-14)23(20,21)19-12-13-6-5-9-18-11-13/h5-11,19H,12H2,1-4H3. The highest BCUT2D eigenvalue weighted by Crippen LogP contribution is 2.30. The van der Waals surface area contributed by atoms with Gasteiger partial charge in [0.15, 0.2) is 0 Å². The van der Waals surface area contributed by atoms with Crippen molar-refractivity contribution in [2.45, 2.75) is 37.6 Å². The number of rotatable bonds is 5. The molecule has 23 heavy (non-hydrogen) atoms. The Morgan fingerprint density at radius 3 is 2.52 bits per heavy atom. The van der Waals surface area contributed by atoms with Crippen molar-refractivity contribution in [1.82, 2.24) is 9.71 Å². The molecular formula is C17H22N2O3S. The largest absolute Gasteiger partial charge is 0.495 e. The van der Waals surface area contributed by atoms with E-state index in [4.69, 9.17) is 4.74 Å². The summed E-state index contributed by atoms with van der Waals surface area (Å²) in [5.74, 6) is 0.330. The van der Waals surface area contributed by atoms with Crippen LogP contribution in [0.3, 0.4) is 0 Å². The van der Waals surface area contributed by atoms with Crippen molar-refractivity contribution in [1.29, 1.82) is 0 Å². The second-order valence-corrected chi connectivity index (χ2v) is 8.04. The number of benzene rings is 1. The maximum Gasteiger partial charge on any atom is 0.244 e. The second-order valence-electron chi connectivity index (χ2n) is 6.30. The predicted molar refractivity (Wildman–Crippen MR) is 90.0 cm³/mol. The molecule has 0 unspecified atom stereocenters. The lowest BCUT2D eigenvalue weighted by molar-refractivity contribution is 0.401. The Kier molecular flexibility index (Phi) is 5.06. The lowest BCUT2D eigenvalue weighted by Crippen LogP contribution is -2.24. The van der Waals surface area contributed by atoms with Crippen molar-refractivity contribution in [2.24, 2.45) is 0 Å². The van der Waals surface area contributed by atoms with E-state index in [9.17, 15) is 8.42 Å². The molecule has 5 nitrogen and oxygen atoms in total. The smallest absolute Gasteiger partial charge is 0.244 e. The molecule has 6 heteroatoms. The fourth-order valence-electron chi connectivity index (χ4n) is 2.11. The molecule has 1 aromatic carbocycles. The number of ether oxygens (including phenoxy) is 1. The average Bonchev–Trinajstić information content (AvgIpc) is 2.52. The van der Waals surface area contributed by atoms with Gasteiger partial charge >= 0.3 is 0 Å². The van der Waals surface area contributed by atoms with E-state index < -0.39 is 10.0 Å².